The summed E-state index contributed by atoms with van der Waals surface area (Å²) in [7, 11) is 1.52. The fourth-order valence-corrected chi connectivity index (χ4v) is 8.16. The Hall–Kier alpha value is -5.34. The molecule has 0 saturated carbocycles. The number of benzene rings is 2. The van der Waals surface area contributed by atoms with Gasteiger partial charge < -0.3 is 19.9 Å². The Morgan fingerprint density at radius 2 is 1.69 bits per heavy atom. The van der Waals surface area contributed by atoms with Crippen LogP contribution in [0.25, 0.3) is 39.2 Å². The number of aliphatic carboxylic acids is 1. The summed E-state index contributed by atoms with van der Waals surface area (Å²) < 4.78 is 12.9. The first kappa shape index (κ1) is 40.8. The summed E-state index contributed by atoms with van der Waals surface area (Å²) in [6.07, 6.45) is 4.63. The molecule has 1 unspecified atom stereocenters. The third kappa shape index (κ3) is 8.73. The highest BCUT2D eigenvalue weighted by molar-refractivity contribution is 6.39. The zero-order chi connectivity index (χ0) is 41.3. The Balaban J connectivity index is 1.12. The number of amides is 1. The first-order valence-corrected chi connectivity index (χ1v) is 19.8. The normalized spacial score (nSPS) is 17.7. The number of hydrogen-bond acceptors (Lipinski definition) is 10. The molecule has 2 aliphatic heterocycles. The number of carbonyl (C=O) groups excluding carboxylic acids is 2. The third-order valence-electron chi connectivity index (χ3n) is 10.4. The van der Waals surface area contributed by atoms with Crippen molar-refractivity contribution in [2.24, 2.45) is 5.92 Å². The van der Waals surface area contributed by atoms with E-state index in [4.69, 9.17) is 37.7 Å². The predicted octanol–water partition coefficient (Wildman–Crippen LogP) is 6.39. The smallest absolute Gasteiger partial charge is 0.325 e. The van der Waals surface area contributed by atoms with Crippen molar-refractivity contribution in [3.63, 3.8) is 0 Å². The Kier molecular flexibility index (Phi) is 11.9. The van der Waals surface area contributed by atoms with E-state index in [1.54, 1.807) is 39.2 Å². The summed E-state index contributed by atoms with van der Waals surface area (Å²) in [5.41, 5.74) is 4.77. The molecule has 5 heterocycles. The summed E-state index contributed by atoms with van der Waals surface area (Å²) in [4.78, 5) is 61.3. The number of carbonyl (C=O) groups is 3. The zero-order valence-electron chi connectivity index (χ0n) is 32.6. The summed E-state index contributed by atoms with van der Waals surface area (Å²) in [5, 5.41) is 16.4. The second-order valence-corrected chi connectivity index (χ2v) is 16.4. The minimum absolute atomic E-state index is 0.108. The second-order valence-electron chi connectivity index (χ2n) is 15.6. The van der Waals surface area contributed by atoms with Crippen LogP contribution in [0.15, 0.2) is 77.9 Å². The number of aromatic nitrogens is 3. The van der Waals surface area contributed by atoms with Gasteiger partial charge in [0.25, 0.3) is 5.56 Å². The quantitative estimate of drug-likeness (QED) is 0.119. The van der Waals surface area contributed by atoms with Crippen LogP contribution in [0.3, 0.4) is 0 Å². The van der Waals surface area contributed by atoms with E-state index >= 15 is 0 Å². The average molecular weight is 828 g/mol. The van der Waals surface area contributed by atoms with Gasteiger partial charge in [-0.2, -0.15) is 0 Å². The van der Waals surface area contributed by atoms with E-state index in [2.05, 4.69) is 15.6 Å². The molecular formula is C43H44Cl2N6O7. The van der Waals surface area contributed by atoms with Gasteiger partial charge in [0.15, 0.2) is 0 Å². The number of nitrogens with one attached hydrogen (secondary N) is 2. The van der Waals surface area contributed by atoms with Crippen LogP contribution in [0, 0.1) is 5.92 Å². The molecule has 3 aromatic heterocycles. The van der Waals surface area contributed by atoms with Crippen LogP contribution < -0.4 is 20.9 Å². The molecule has 0 radical (unpaired) electrons. The van der Waals surface area contributed by atoms with E-state index in [-0.39, 0.29) is 18.0 Å². The molecule has 15 heteroatoms. The van der Waals surface area contributed by atoms with Crippen LogP contribution >= 0.6 is 23.2 Å². The molecule has 7 rings (SSSR count). The van der Waals surface area contributed by atoms with Gasteiger partial charge in [0.1, 0.15) is 17.3 Å². The number of hydrogen-bond donors (Lipinski definition) is 3. The SMILES string of the molecule is COc1nc(-c2cccc(-c3cccc(-c4ccn5c(=O)c(CN6CC[C@H](C(=O)O)C6)cnc5c4)c3Cl)c2Cl)ccc1CNC(C(=O)OC(C)(C)C)[C@@H]1CCC(=O)N1. The van der Waals surface area contributed by atoms with Gasteiger partial charge in [0.05, 0.1) is 40.4 Å². The van der Waals surface area contributed by atoms with Crippen molar-refractivity contribution in [2.75, 3.05) is 20.2 Å². The lowest BCUT2D eigenvalue weighted by Crippen LogP contribution is -2.52. The average Bonchev–Trinajstić information content (AvgIpc) is 3.85. The highest BCUT2D eigenvalue weighted by Crippen LogP contribution is 2.42. The Bertz CT molecular complexity index is 2470. The van der Waals surface area contributed by atoms with Crippen LogP contribution in [0.5, 0.6) is 5.88 Å². The molecule has 3 N–H and O–H groups in total. The summed E-state index contributed by atoms with van der Waals surface area (Å²) in [6, 6.07) is 17.4. The van der Waals surface area contributed by atoms with E-state index in [0.29, 0.717) is 94.0 Å². The van der Waals surface area contributed by atoms with E-state index in [0.717, 1.165) is 11.1 Å². The predicted molar refractivity (Wildman–Crippen MR) is 221 cm³/mol. The molecule has 2 aromatic carbocycles. The van der Waals surface area contributed by atoms with Gasteiger partial charge in [0, 0.05) is 66.3 Å². The summed E-state index contributed by atoms with van der Waals surface area (Å²) in [5.74, 6) is -1.48. The van der Waals surface area contributed by atoms with Crippen molar-refractivity contribution in [2.45, 2.75) is 70.8 Å². The zero-order valence-corrected chi connectivity index (χ0v) is 34.1. The first-order chi connectivity index (χ1) is 27.7. The minimum Gasteiger partial charge on any atom is -0.481 e. The Morgan fingerprint density at radius 1 is 0.983 bits per heavy atom. The molecule has 0 bridgehead atoms. The fourth-order valence-electron chi connectivity index (χ4n) is 7.50. The molecule has 302 valence electrons. The topological polar surface area (TPSA) is 164 Å². The number of pyridine rings is 2. The van der Waals surface area contributed by atoms with Gasteiger partial charge in [0.2, 0.25) is 11.8 Å². The maximum Gasteiger partial charge on any atom is 0.325 e. The van der Waals surface area contributed by atoms with Crippen molar-refractivity contribution < 1.29 is 29.0 Å². The van der Waals surface area contributed by atoms with Crippen LogP contribution in [0.2, 0.25) is 10.0 Å². The standard InChI is InChI=1S/C43H44Cl2N6O7/c1-43(2,3)58-42(56)38(33-13-14-35(52)48-33)47-20-25-11-12-32(49-39(25)57-4)31-10-6-9-30(37(31)45)29-8-5-7-28(36(29)44)24-16-18-51-34(19-24)46-21-27(40(51)53)23-50-17-15-26(22-50)41(54)55/h5-12,16,18-19,21,26,33,38,47H,13-15,17,20,22-23H2,1-4H3,(H,48,52)(H,54,55)/t26-,33-,38?/m0/s1. The van der Waals surface area contributed by atoms with E-state index in [1.165, 1.54) is 11.5 Å². The maximum absolute atomic E-state index is 13.4. The number of nitrogens with zero attached hydrogens (tertiary/aromatic N) is 4. The van der Waals surface area contributed by atoms with Crippen molar-refractivity contribution in [3.05, 3.63) is 105 Å². The number of likely N-dealkylation sites (tertiary alicyclic amines) is 1. The highest BCUT2D eigenvalue weighted by Gasteiger charge is 2.36. The molecule has 0 spiro atoms. The maximum atomic E-state index is 13.4. The highest BCUT2D eigenvalue weighted by atomic mass is 35.5. The lowest BCUT2D eigenvalue weighted by molar-refractivity contribution is -0.158. The minimum atomic E-state index is -0.819. The molecule has 5 aromatic rings. The molecule has 0 aliphatic carbocycles. The van der Waals surface area contributed by atoms with Crippen LogP contribution in [-0.4, -0.2) is 80.1 Å². The molecule has 2 fully saturated rings. The molecule has 13 nitrogen and oxygen atoms in total. The van der Waals surface area contributed by atoms with Gasteiger partial charge in [-0.3, -0.25) is 33.8 Å². The van der Waals surface area contributed by atoms with Gasteiger partial charge >= 0.3 is 11.9 Å². The number of rotatable bonds is 12. The molecule has 1 amide bonds. The molecule has 3 atom stereocenters. The number of carboxylic acid groups (broad SMARTS) is 1. The number of methoxy groups -OCH3 is 1. The lowest BCUT2D eigenvalue weighted by Gasteiger charge is -2.28. The Morgan fingerprint density at radius 3 is 2.34 bits per heavy atom. The number of esters is 1. The fraction of sp³-hybridized carbons (Fsp3) is 0.349. The third-order valence-corrected chi connectivity index (χ3v) is 11.2. The number of fused-ring (bicyclic) bond motifs is 1. The molecule has 2 saturated heterocycles. The largest absolute Gasteiger partial charge is 0.481 e. The monoisotopic (exact) mass is 826 g/mol. The number of carboxylic acids is 1. The number of ether oxygens (including phenoxy) is 2. The van der Waals surface area contributed by atoms with E-state index in [1.807, 2.05) is 59.5 Å². The van der Waals surface area contributed by atoms with E-state index in [9.17, 15) is 24.3 Å². The lowest BCUT2D eigenvalue weighted by atomic mass is 9.97. The van der Waals surface area contributed by atoms with Crippen molar-refractivity contribution >= 4 is 46.7 Å². The second kappa shape index (κ2) is 16.9. The molecular weight excluding hydrogens is 783 g/mol. The van der Waals surface area contributed by atoms with Crippen LogP contribution in [0.4, 0.5) is 0 Å². The first-order valence-electron chi connectivity index (χ1n) is 19.0. The van der Waals surface area contributed by atoms with Gasteiger partial charge in [-0.15, -0.1) is 0 Å². The van der Waals surface area contributed by atoms with Crippen molar-refractivity contribution in [1.29, 1.82) is 0 Å². The van der Waals surface area contributed by atoms with Gasteiger partial charge in [-0.25, -0.2) is 9.97 Å². The summed E-state index contributed by atoms with van der Waals surface area (Å²) >= 11 is 14.3. The van der Waals surface area contributed by atoms with Gasteiger partial charge in [-0.05, 0) is 63.9 Å². The van der Waals surface area contributed by atoms with Crippen molar-refractivity contribution in [3.8, 4) is 39.4 Å². The van der Waals surface area contributed by atoms with Crippen LogP contribution in [-0.2, 0) is 32.2 Å². The molecule has 58 heavy (non-hydrogen) atoms. The van der Waals surface area contributed by atoms with Crippen LogP contribution in [0.1, 0.15) is 51.2 Å². The van der Waals surface area contributed by atoms with Gasteiger partial charge in [-0.1, -0.05) is 65.7 Å². The molecule has 2 aliphatic rings. The number of halogens is 2. The summed E-state index contributed by atoms with van der Waals surface area (Å²) in [6.45, 7) is 6.95. The Labute approximate surface area is 345 Å². The van der Waals surface area contributed by atoms with Crippen molar-refractivity contribution in [1.82, 2.24) is 29.9 Å². The van der Waals surface area contributed by atoms with E-state index < -0.39 is 35.5 Å².